The fourth-order valence-corrected chi connectivity index (χ4v) is 2.41. The summed E-state index contributed by atoms with van der Waals surface area (Å²) in [6.45, 7) is 0. The molecule has 3 aromatic rings. The predicted octanol–water partition coefficient (Wildman–Crippen LogP) is 3.98. The largest absolute Gasteiger partial charge is 0.497 e. The maximum Gasteiger partial charge on any atom is 0.299 e. The summed E-state index contributed by atoms with van der Waals surface area (Å²) >= 11 is 0. The van der Waals surface area contributed by atoms with Crippen LogP contribution in [0.4, 0.5) is 11.7 Å². The van der Waals surface area contributed by atoms with Crippen LogP contribution in [0.2, 0.25) is 0 Å². The van der Waals surface area contributed by atoms with Crippen molar-refractivity contribution in [1.29, 1.82) is 5.26 Å². The first-order chi connectivity index (χ1) is 12.7. The third kappa shape index (κ3) is 3.54. The van der Waals surface area contributed by atoms with Gasteiger partial charge in [-0.25, -0.2) is 4.98 Å². The molecule has 0 radical (unpaired) electrons. The third-order valence-electron chi connectivity index (χ3n) is 3.71. The second-order valence-electron chi connectivity index (χ2n) is 5.28. The van der Waals surface area contributed by atoms with Crippen molar-refractivity contribution in [2.45, 2.75) is 0 Å². The van der Waals surface area contributed by atoms with Crippen molar-refractivity contribution in [3.63, 3.8) is 0 Å². The molecule has 0 fully saturated rings. The highest BCUT2D eigenvalue weighted by Gasteiger charge is 2.11. The van der Waals surface area contributed by atoms with Crippen LogP contribution in [0, 0.1) is 11.3 Å². The number of aromatic nitrogens is 1. The molecule has 0 aliphatic heterocycles. The smallest absolute Gasteiger partial charge is 0.299 e. The van der Waals surface area contributed by atoms with E-state index in [9.17, 15) is 0 Å². The van der Waals surface area contributed by atoms with Crippen LogP contribution in [0.25, 0.3) is 11.3 Å². The Kier molecular flexibility index (Phi) is 4.94. The van der Waals surface area contributed by atoms with Gasteiger partial charge in [-0.05, 0) is 18.2 Å². The minimum absolute atomic E-state index is 0.318. The average molecular weight is 351 g/mol. The summed E-state index contributed by atoms with van der Waals surface area (Å²) in [5.74, 6) is 2.32. The Bertz CT molecular complexity index is 937. The molecule has 1 N–H and O–H groups in total. The van der Waals surface area contributed by atoms with Crippen LogP contribution < -0.4 is 19.5 Å². The first-order valence-corrected chi connectivity index (χ1v) is 7.71. The SMILES string of the molecule is COc1cc(Nc2ncc(-c3ccc(C#N)c(OC)c3)o2)cc(OC)c1. The van der Waals surface area contributed by atoms with Gasteiger partial charge in [0.25, 0.3) is 6.01 Å². The highest BCUT2D eigenvalue weighted by molar-refractivity contribution is 5.64. The first kappa shape index (κ1) is 17.2. The molecule has 26 heavy (non-hydrogen) atoms. The number of nitrogens with zero attached hydrogens (tertiary/aromatic N) is 2. The zero-order chi connectivity index (χ0) is 18.5. The van der Waals surface area contributed by atoms with E-state index in [0.29, 0.717) is 40.3 Å². The van der Waals surface area contributed by atoms with E-state index in [1.165, 1.54) is 7.11 Å². The first-order valence-electron chi connectivity index (χ1n) is 7.71. The molecular weight excluding hydrogens is 334 g/mol. The van der Waals surface area contributed by atoms with Crippen molar-refractivity contribution < 1.29 is 18.6 Å². The van der Waals surface area contributed by atoms with Crippen molar-refractivity contribution in [2.75, 3.05) is 26.6 Å². The van der Waals surface area contributed by atoms with Crippen LogP contribution in [0.15, 0.2) is 47.0 Å². The number of nitriles is 1. The van der Waals surface area contributed by atoms with Gasteiger partial charge in [-0.2, -0.15) is 5.26 Å². The lowest BCUT2D eigenvalue weighted by molar-refractivity contribution is 0.394. The maximum atomic E-state index is 9.07. The molecule has 0 atom stereocenters. The van der Waals surface area contributed by atoms with E-state index in [0.717, 1.165) is 5.56 Å². The fraction of sp³-hybridized carbons (Fsp3) is 0.158. The normalized spacial score (nSPS) is 10.1. The minimum atomic E-state index is 0.318. The Labute approximate surface area is 150 Å². The summed E-state index contributed by atoms with van der Waals surface area (Å²) in [7, 11) is 4.68. The van der Waals surface area contributed by atoms with E-state index in [1.54, 1.807) is 56.8 Å². The highest BCUT2D eigenvalue weighted by atomic mass is 16.5. The summed E-state index contributed by atoms with van der Waals surface area (Å²) in [6.07, 6.45) is 1.60. The molecule has 3 rings (SSSR count). The van der Waals surface area contributed by atoms with Gasteiger partial charge in [-0.15, -0.1) is 0 Å². The van der Waals surface area contributed by atoms with E-state index < -0.39 is 0 Å². The molecule has 2 aromatic carbocycles. The number of ether oxygens (including phenoxy) is 3. The van der Waals surface area contributed by atoms with Crippen LogP contribution in [-0.2, 0) is 0 Å². The van der Waals surface area contributed by atoms with Gasteiger partial charge in [-0.3, -0.25) is 0 Å². The Morgan fingerprint density at radius 1 is 1.00 bits per heavy atom. The predicted molar refractivity (Wildman–Crippen MR) is 96.0 cm³/mol. The number of hydrogen-bond acceptors (Lipinski definition) is 7. The van der Waals surface area contributed by atoms with Gasteiger partial charge >= 0.3 is 0 Å². The number of oxazole rings is 1. The van der Waals surface area contributed by atoms with E-state index >= 15 is 0 Å². The molecule has 0 saturated heterocycles. The number of hydrogen-bond donors (Lipinski definition) is 1. The van der Waals surface area contributed by atoms with Gasteiger partial charge in [0, 0.05) is 29.4 Å². The molecule has 0 spiro atoms. The number of rotatable bonds is 6. The lowest BCUT2D eigenvalue weighted by Crippen LogP contribution is -1.93. The summed E-state index contributed by atoms with van der Waals surface area (Å²) < 4.78 is 21.5. The monoisotopic (exact) mass is 351 g/mol. The molecule has 0 amide bonds. The van der Waals surface area contributed by atoms with E-state index in [2.05, 4.69) is 16.4 Å². The van der Waals surface area contributed by atoms with Crippen molar-refractivity contribution in [2.24, 2.45) is 0 Å². The zero-order valence-electron chi connectivity index (χ0n) is 14.6. The molecule has 132 valence electrons. The van der Waals surface area contributed by atoms with Crippen LogP contribution in [-0.4, -0.2) is 26.3 Å². The van der Waals surface area contributed by atoms with Crippen LogP contribution in [0.1, 0.15) is 5.56 Å². The molecule has 7 nitrogen and oxygen atoms in total. The van der Waals surface area contributed by atoms with Crippen molar-refractivity contribution in [3.8, 4) is 34.6 Å². The topological polar surface area (TPSA) is 89.5 Å². The van der Waals surface area contributed by atoms with Crippen LogP contribution >= 0.6 is 0 Å². The maximum absolute atomic E-state index is 9.07. The number of nitrogens with one attached hydrogen (secondary N) is 1. The zero-order valence-corrected chi connectivity index (χ0v) is 14.6. The Morgan fingerprint density at radius 3 is 2.35 bits per heavy atom. The van der Waals surface area contributed by atoms with Gasteiger partial charge in [0.1, 0.15) is 23.3 Å². The van der Waals surface area contributed by atoms with Gasteiger partial charge in [0.05, 0.1) is 33.1 Å². The molecule has 0 saturated carbocycles. The molecule has 0 aliphatic rings. The summed E-state index contributed by atoms with van der Waals surface area (Å²) in [4.78, 5) is 4.23. The Morgan fingerprint density at radius 2 is 1.73 bits per heavy atom. The van der Waals surface area contributed by atoms with Crippen LogP contribution in [0.5, 0.6) is 17.2 Å². The molecule has 0 bridgehead atoms. The second kappa shape index (κ2) is 7.49. The van der Waals surface area contributed by atoms with Crippen molar-refractivity contribution in [1.82, 2.24) is 4.98 Å². The van der Waals surface area contributed by atoms with Gasteiger partial charge in [0.15, 0.2) is 5.76 Å². The van der Waals surface area contributed by atoms with E-state index in [1.807, 2.05) is 0 Å². The summed E-state index contributed by atoms with van der Waals surface area (Å²) in [5.41, 5.74) is 1.93. The third-order valence-corrected chi connectivity index (χ3v) is 3.71. The standard InChI is InChI=1S/C19H17N3O4/c1-23-15-7-14(8-16(9-15)24-2)22-19-21-11-18(26-19)12-4-5-13(10-20)17(6-12)25-3/h4-9,11H,1-3H3,(H,21,22). The van der Waals surface area contributed by atoms with Gasteiger partial charge in [-0.1, -0.05) is 0 Å². The van der Waals surface area contributed by atoms with Gasteiger partial charge < -0.3 is 23.9 Å². The number of benzene rings is 2. The lowest BCUT2D eigenvalue weighted by atomic mass is 10.1. The fourth-order valence-electron chi connectivity index (χ4n) is 2.41. The Hall–Kier alpha value is -3.66. The molecule has 0 unspecified atom stereocenters. The summed E-state index contributed by atoms with van der Waals surface area (Å²) in [5, 5.41) is 12.1. The average Bonchev–Trinajstić information content (AvgIpc) is 3.15. The van der Waals surface area contributed by atoms with Crippen molar-refractivity contribution in [3.05, 3.63) is 48.2 Å². The molecule has 0 aliphatic carbocycles. The number of anilines is 2. The minimum Gasteiger partial charge on any atom is -0.497 e. The highest BCUT2D eigenvalue weighted by Crippen LogP contribution is 2.31. The molecule has 1 heterocycles. The van der Waals surface area contributed by atoms with Gasteiger partial charge in [0.2, 0.25) is 0 Å². The van der Waals surface area contributed by atoms with Crippen LogP contribution in [0.3, 0.4) is 0 Å². The molecule has 7 heteroatoms. The van der Waals surface area contributed by atoms with E-state index in [4.69, 9.17) is 23.9 Å². The lowest BCUT2D eigenvalue weighted by Gasteiger charge is -2.08. The number of methoxy groups -OCH3 is 3. The second-order valence-corrected chi connectivity index (χ2v) is 5.28. The molecular formula is C19H17N3O4. The molecule has 1 aromatic heterocycles. The quantitative estimate of drug-likeness (QED) is 0.718. The van der Waals surface area contributed by atoms with Crippen molar-refractivity contribution >= 4 is 11.7 Å². The van der Waals surface area contributed by atoms with E-state index in [-0.39, 0.29) is 0 Å². The summed E-state index contributed by atoms with van der Waals surface area (Å²) in [6, 6.07) is 13.0. The Balaban J connectivity index is 1.86.